The molecule has 0 saturated carbocycles. The normalized spacial score (nSPS) is 11.5. The van der Waals surface area contributed by atoms with E-state index in [1.54, 1.807) is 12.4 Å². The number of benzene rings is 1. The van der Waals surface area contributed by atoms with Gasteiger partial charge in [0.2, 0.25) is 0 Å². The smallest absolute Gasteiger partial charge is 0.257 e. The Morgan fingerprint density at radius 2 is 1.87 bits per heavy atom. The zero-order valence-electron chi connectivity index (χ0n) is 17.5. The largest absolute Gasteiger partial charge is 0.383 e. The van der Waals surface area contributed by atoms with Crippen LogP contribution in [-0.2, 0) is 0 Å². The Bertz CT molecular complexity index is 1230. The lowest BCUT2D eigenvalue weighted by molar-refractivity contribution is 0.0955. The van der Waals surface area contributed by atoms with Crippen molar-refractivity contribution in [2.24, 2.45) is 5.10 Å². The Morgan fingerprint density at radius 1 is 1.10 bits per heavy atom. The molecule has 0 atom stereocenters. The van der Waals surface area contributed by atoms with Crippen LogP contribution in [0.1, 0.15) is 48.7 Å². The highest BCUT2D eigenvalue weighted by molar-refractivity contribution is 6.10. The minimum absolute atomic E-state index is 0.198. The molecule has 0 aliphatic heterocycles. The first-order chi connectivity index (χ1) is 15.2. The highest BCUT2D eigenvalue weighted by atomic mass is 16.1. The van der Waals surface area contributed by atoms with Crippen LogP contribution in [0.4, 0.5) is 5.82 Å². The number of para-hydroxylation sites is 2. The minimum atomic E-state index is -0.268. The maximum Gasteiger partial charge on any atom is 0.257 e. The monoisotopic (exact) mass is 415 g/mol. The van der Waals surface area contributed by atoms with Crippen molar-refractivity contribution < 1.29 is 4.79 Å². The average Bonchev–Trinajstić information content (AvgIpc) is 3.06. The van der Waals surface area contributed by atoms with Crippen LogP contribution < -0.4 is 11.1 Å². The summed E-state index contributed by atoms with van der Waals surface area (Å²) in [4.78, 5) is 26.6. The van der Waals surface area contributed by atoms with Crippen LogP contribution in [0.5, 0.6) is 0 Å². The van der Waals surface area contributed by atoms with E-state index < -0.39 is 0 Å². The lowest BCUT2D eigenvalue weighted by Gasteiger charge is -2.05. The molecule has 0 fully saturated rings. The number of aromatic nitrogens is 4. The summed E-state index contributed by atoms with van der Waals surface area (Å²) in [5.41, 5.74) is 9.60. The van der Waals surface area contributed by atoms with Gasteiger partial charge in [-0.1, -0.05) is 44.4 Å². The number of anilines is 1. The molecule has 0 aliphatic rings. The first-order valence-electron chi connectivity index (χ1n) is 10.5. The predicted molar refractivity (Wildman–Crippen MR) is 123 cm³/mol. The van der Waals surface area contributed by atoms with Gasteiger partial charge in [-0.15, -0.1) is 0 Å². The molecule has 8 heteroatoms. The van der Waals surface area contributed by atoms with E-state index in [1.165, 1.54) is 4.68 Å². The van der Waals surface area contributed by atoms with Crippen molar-refractivity contribution in [1.82, 2.24) is 24.9 Å². The van der Waals surface area contributed by atoms with E-state index in [9.17, 15) is 4.79 Å². The molecule has 4 rings (SSSR count). The maximum absolute atomic E-state index is 13.0. The van der Waals surface area contributed by atoms with E-state index in [0.29, 0.717) is 40.0 Å². The van der Waals surface area contributed by atoms with Crippen LogP contribution in [0, 0.1) is 0 Å². The molecule has 1 amide bonds. The molecule has 158 valence electrons. The Morgan fingerprint density at radius 3 is 2.61 bits per heavy atom. The SMILES string of the molecule is CCCCCCNC(=O)c1c(N)n(/N=C\c2ccccn2)c2nc3ccccc3nc12. The van der Waals surface area contributed by atoms with Gasteiger partial charge in [0.1, 0.15) is 16.9 Å². The second kappa shape index (κ2) is 9.34. The van der Waals surface area contributed by atoms with Gasteiger partial charge in [-0.2, -0.15) is 9.78 Å². The van der Waals surface area contributed by atoms with E-state index in [4.69, 9.17) is 5.73 Å². The summed E-state index contributed by atoms with van der Waals surface area (Å²) in [5.74, 6) is -0.0705. The Labute approximate surface area is 180 Å². The predicted octanol–water partition coefficient (Wildman–Crippen LogP) is 3.75. The average molecular weight is 416 g/mol. The lowest BCUT2D eigenvalue weighted by Crippen LogP contribution is -2.25. The minimum Gasteiger partial charge on any atom is -0.383 e. The first kappa shape index (κ1) is 20.5. The number of pyridine rings is 1. The van der Waals surface area contributed by atoms with Gasteiger partial charge < -0.3 is 11.1 Å². The molecule has 4 aromatic rings. The van der Waals surface area contributed by atoms with Crippen molar-refractivity contribution in [3.05, 3.63) is 59.9 Å². The second-order valence-electron chi connectivity index (χ2n) is 7.27. The number of hydrogen-bond donors (Lipinski definition) is 2. The van der Waals surface area contributed by atoms with Crippen LogP contribution in [-0.4, -0.2) is 38.3 Å². The van der Waals surface area contributed by atoms with Crippen LogP contribution in [0.15, 0.2) is 53.8 Å². The Kier molecular flexibility index (Phi) is 6.16. The summed E-state index contributed by atoms with van der Waals surface area (Å²) in [7, 11) is 0. The summed E-state index contributed by atoms with van der Waals surface area (Å²) in [5, 5.41) is 7.42. The van der Waals surface area contributed by atoms with Crippen molar-refractivity contribution in [1.29, 1.82) is 0 Å². The Hall–Kier alpha value is -3.81. The quantitative estimate of drug-likeness (QED) is 0.336. The highest BCUT2D eigenvalue weighted by Gasteiger charge is 2.23. The topological polar surface area (TPSA) is 111 Å². The lowest BCUT2D eigenvalue weighted by atomic mass is 10.2. The molecule has 0 bridgehead atoms. The number of fused-ring (bicyclic) bond motifs is 2. The third kappa shape index (κ3) is 4.37. The third-order valence-electron chi connectivity index (χ3n) is 5.01. The molecule has 3 aromatic heterocycles. The fraction of sp³-hybridized carbons (Fsp3) is 0.261. The van der Waals surface area contributed by atoms with E-state index in [-0.39, 0.29) is 11.7 Å². The van der Waals surface area contributed by atoms with Gasteiger partial charge in [-0.05, 0) is 30.7 Å². The fourth-order valence-electron chi connectivity index (χ4n) is 3.40. The van der Waals surface area contributed by atoms with Crippen molar-refractivity contribution in [2.75, 3.05) is 12.3 Å². The van der Waals surface area contributed by atoms with Crippen molar-refractivity contribution in [3.8, 4) is 0 Å². The van der Waals surface area contributed by atoms with Gasteiger partial charge in [0.05, 0.1) is 22.9 Å². The fourth-order valence-corrected chi connectivity index (χ4v) is 3.40. The zero-order chi connectivity index (χ0) is 21.6. The van der Waals surface area contributed by atoms with Crippen LogP contribution >= 0.6 is 0 Å². The molecule has 1 aromatic carbocycles. The molecule has 0 aliphatic carbocycles. The Balaban J connectivity index is 1.75. The maximum atomic E-state index is 13.0. The number of nitrogens with two attached hydrogens (primary N) is 1. The number of nitrogens with zero attached hydrogens (tertiary/aromatic N) is 5. The van der Waals surface area contributed by atoms with E-state index in [0.717, 1.165) is 25.7 Å². The van der Waals surface area contributed by atoms with Gasteiger partial charge >= 0.3 is 0 Å². The molecule has 3 N–H and O–H groups in total. The van der Waals surface area contributed by atoms with Gasteiger partial charge in [0.25, 0.3) is 5.91 Å². The van der Waals surface area contributed by atoms with Crippen LogP contribution in [0.2, 0.25) is 0 Å². The summed E-state index contributed by atoms with van der Waals surface area (Å²) in [6, 6.07) is 13.0. The molecule has 0 radical (unpaired) electrons. The molecule has 0 saturated heterocycles. The molecule has 0 unspecified atom stereocenters. The number of rotatable bonds is 8. The summed E-state index contributed by atoms with van der Waals surface area (Å²) < 4.78 is 1.45. The second-order valence-corrected chi connectivity index (χ2v) is 7.27. The van der Waals surface area contributed by atoms with Crippen molar-refractivity contribution in [2.45, 2.75) is 32.6 Å². The van der Waals surface area contributed by atoms with Gasteiger partial charge in [-0.25, -0.2) is 9.97 Å². The summed E-state index contributed by atoms with van der Waals surface area (Å²) >= 11 is 0. The van der Waals surface area contributed by atoms with E-state index in [2.05, 4.69) is 32.3 Å². The number of nitrogens with one attached hydrogen (secondary N) is 1. The molecule has 3 heterocycles. The van der Waals surface area contributed by atoms with Gasteiger partial charge in [0, 0.05) is 12.7 Å². The third-order valence-corrected chi connectivity index (χ3v) is 5.01. The van der Waals surface area contributed by atoms with Crippen LogP contribution in [0.3, 0.4) is 0 Å². The number of carbonyl (C=O) groups excluding carboxylic acids is 1. The van der Waals surface area contributed by atoms with E-state index >= 15 is 0 Å². The summed E-state index contributed by atoms with van der Waals surface area (Å²) in [6.45, 7) is 2.74. The number of unbranched alkanes of at least 4 members (excludes halogenated alkanes) is 3. The highest BCUT2D eigenvalue weighted by Crippen LogP contribution is 2.27. The van der Waals surface area contributed by atoms with Crippen molar-refractivity contribution >= 4 is 40.1 Å². The number of hydrogen-bond acceptors (Lipinski definition) is 6. The van der Waals surface area contributed by atoms with Crippen molar-refractivity contribution in [3.63, 3.8) is 0 Å². The number of nitrogen functional groups attached to an aromatic ring is 1. The van der Waals surface area contributed by atoms with E-state index in [1.807, 2.05) is 42.5 Å². The standard InChI is InChI=1S/C23H25N7O/c1-2-3-4-8-14-26-23(31)19-20-22(29-18-12-6-5-11-17(18)28-20)30(21(19)24)27-15-16-10-7-9-13-25-16/h5-7,9-13,15H,2-4,8,14,24H2,1H3,(H,26,31)/b27-15-. The summed E-state index contributed by atoms with van der Waals surface area (Å²) in [6.07, 6.45) is 7.56. The number of carbonyl (C=O) groups is 1. The van der Waals surface area contributed by atoms with Gasteiger partial charge in [0.15, 0.2) is 5.65 Å². The van der Waals surface area contributed by atoms with Gasteiger partial charge in [-0.3, -0.25) is 9.78 Å². The first-order valence-corrected chi connectivity index (χ1v) is 10.5. The molecule has 0 spiro atoms. The zero-order valence-corrected chi connectivity index (χ0v) is 17.5. The molecular formula is C23H25N7O. The molecular weight excluding hydrogens is 390 g/mol. The van der Waals surface area contributed by atoms with Crippen LogP contribution in [0.25, 0.3) is 22.2 Å². The number of amides is 1. The molecule has 31 heavy (non-hydrogen) atoms. The molecule has 8 nitrogen and oxygen atoms in total.